The van der Waals surface area contributed by atoms with Crippen LogP contribution in [0.3, 0.4) is 0 Å². The first-order valence-electron chi connectivity index (χ1n) is 14.1. The molecule has 1 aliphatic rings. The number of halogens is 1. The number of ether oxygens (including phenoxy) is 1. The van der Waals surface area contributed by atoms with Crippen LogP contribution in [0.2, 0.25) is 0 Å². The average molecular weight is 445 g/mol. The Morgan fingerprint density at radius 3 is 0.900 bits per heavy atom. The molecule has 0 spiro atoms. The second kappa shape index (κ2) is 29.2. The third kappa shape index (κ3) is 28.2. The second-order valence-electron chi connectivity index (χ2n) is 9.43. The summed E-state index contributed by atoms with van der Waals surface area (Å²) in [6, 6.07) is 0. The number of rotatable bonds is 22. The summed E-state index contributed by atoms with van der Waals surface area (Å²) in [6.07, 6.45) is 34.3. The summed E-state index contributed by atoms with van der Waals surface area (Å²) in [5.41, 5.74) is 0. The average Bonchev–Trinajstić information content (AvgIpc) is 3.35. The van der Waals surface area contributed by atoms with Crippen molar-refractivity contribution in [2.45, 2.75) is 161 Å². The van der Waals surface area contributed by atoms with Crippen molar-refractivity contribution in [1.82, 2.24) is 0 Å². The highest BCUT2D eigenvalue weighted by atomic mass is 35.5. The molecule has 1 fully saturated rings. The largest absolute Gasteiger partial charge is 0.381 e. The van der Waals surface area contributed by atoms with Crippen LogP contribution in [0.5, 0.6) is 0 Å². The lowest BCUT2D eigenvalue weighted by Crippen LogP contribution is -1.84. The molecule has 0 aromatic rings. The number of unbranched alkanes of at least 4 members (excludes halogenated alkanes) is 21. The first-order valence-corrected chi connectivity index (χ1v) is 14.6. The van der Waals surface area contributed by atoms with Crippen molar-refractivity contribution < 1.29 is 4.74 Å². The van der Waals surface area contributed by atoms with Gasteiger partial charge in [0.05, 0.1) is 0 Å². The van der Waals surface area contributed by atoms with Gasteiger partial charge in [-0.05, 0) is 19.3 Å². The van der Waals surface area contributed by atoms with Crippen molar-refractivity contribution in [1.29, 1.82) is 0 Å². The topological polar surface area (TPSA) is 9.23 Å². The smallest absolute Gasteiger partial charge is 0.0466 e. The van der Waals surface area contributed by atoms with E-state index in [0.29, 0.717) is 0 Å². The molecule has 0 radical (unpaired) electrons. The van der Waals surface area contributed by atoms with Crippen LogP contribution in [0.15, 0.2) is 0 Å². The Morgan fingerprint density at radius 2 is 0.700 bits per heavy atom. The van der Waals surface area contributed by atoms with E-state index in [-0.39, 0.29) is 0 Å². The van der Waals surface area contributed by atoms with Gasteiger partial charge in [-0.3, -0.25) is 0 Å². The fourth-order valence-corrected chi connectivity index (χ4v) is 4.40. The molecule has 2 heteroatoms. The van der Waals surface area contributed by atoms with Crippen LogP contribution in [0, 0.1) is 0 Å². The molecule has 0 aliphatic carbocycles. The van der Waals surface area contributed by atoms with Crippen molar-refractivity contribution in [3.8, 4) is 0 Å². The van der Waals surface area contributed by atoms with Gasteiger partial charge in [0, 0.05) is 19.1 Å². The summed E-state index contributed by atoms with van der Waals surface area (Å²) < 4.78 is 4.94. The van der Waals surface area contributed by atoms with Gasteiger partial charge in [-0.2, -0.15) is 0 Å². The molecule has 1 saturated heterocycles. The van der Waals surface area contributed by atoms with E-state index in [1.807, 2.05) is 0 Å². The van der Waals surface area contributed by atoms with Crippen molar-refractivity contribution in [3.05, 3.63) is 0 Å². The predicted octanol–water partition coefficient (Wildman–Crippen LogP) is 10.6. The minimum Gasteiger partial charge on any atom is -0.381 e. The number of hydrogen-bond acceptors (Lipinski definition) is 1. The molecule has 0 bridgehead atoms. The van der Waals surface area contributed by atoms with Crippen LogP contribution in [0.25, 0.3) is 0 Å². The summed E-state index contributed by atoms with van der Waals surface area (Å²) in [6.45, 7) is 4.30. The molecule has 1 rings (SSSR count). The van der Waals surface area contributed by atoms with Gasteiger partial charge in [-0.1, -0.05) is 142 Å². The monoisotopic (exact) mass is 444 g/mol. The highest BCUT2D eigenvalue weighted by Gasteiger charge is 1.96. The van der Waals surface area contributed by atoms with E-state index in [9.17, 15) is 0 Å². The molecule has 30 heavy (non-hydrogen) atoms. The molecule has 1 heterocycles. The highest BCUT2D eigenvalue weighted by Crippen LogP contribution is 2.15. The molecule has 182 valence electrons. The van der Waals surface area contributed by atoms with Gasteiger partial charge in [0.25, 0.3) is 0 Å². The summed E-state index contributed by atoms with van der Waals surface area (Å²) >= 11 is 5.69. The summed E-state index contributed by atoms with van der Waals surface area (Å²) in [4.78, 5) is 0. The molecule has 1 nitrogen and oxygen atoms in total. The minimum absolute atomic E-state index is 0.846. The second-order valence-corrected chi connectivity index (χ2v) is 9.81. The Labute approximate surface area is 196 Å². The highest BCUT2D eigenvalue weighted by molar-refractivity contribution is 6.17. The van der Waals surface area contributed by atoms with Gasteiger partial charge >= 0.3 is 0 Å². The molecular weight excluding hydrogens is 388 g/mol. The Kier molecular flexibility index (Phi) is 29.5. The Morgan fingerprint density at radius 1 is 0.433 bits per heavy atom. The first-order chi connectivity index (χ1) is 14.9. The maximum Gasteiger partial charge on any atom is 0.0466 e. The normalized spacial score (nSPS) is 13.4. The first kappa shape index (κ1) is 30.2. The van der Waals surface area contributed by atoms with E-state index < -0.39 is 0 Å². The molecule has 1 aliphatic heterocycles. The fourth-order valence-electron chi connectivity index (χ4n) is 4.21. The van der Waals surface area contributed by atoms with E-state index in [0.717, 1.165) is 19.1 Å². The molecule has 0 aromatic carbocycles. The number of alkyl halides is 1. The standard InChI is InChI=1S/C24H49Cl.C4H8O/c1-2-3-4-5-6-7-8-9-10-11-12-13-14-15-16-17-18-19-20-21-22-23-24-25;1-2-4-5-3-1/h2-24H2,1H3;1-4H2. The van der Waals surface area contributed by atoms with Crippen molar-refractivity contribution in [2.24, 2.45) is 0 Å². The maximum atomic E-state index is 5.69. The SMILES string of the molecule is C1CCOC1.CCCCCCCCCCCCCCCCCCCCCCCCCl. The third-order valence-corrected chi connectivity index (χ3v) is 6.58. The van der Waals surface area contributed by atoms with Gasteiger partial charge in [0.2, 0.25) is 0 Å². The van der Waals surface area contributed by atoms with E-state index in [1.165, 1.54) is 154 Å². The lowest BCUT2D eigenvalue weighted by atomic mass is 10.0. The van der Waals surface area contributed by atoms with Crippen LogP contribution in [0.4, 0.5) is 0 Å². The van der Waals surface area contributed by atoms with Crippen LogP contribution in [-0.4, -0.2) is 19.1 Å². The Bertz CT molecular complexity index is 248. The molecule has 0 amide bonds. The molecule has 0 aromatic heterocycles. The van der Waals surface area contributed by atoms with Crippen LogP contribution >= 0.6 is 11.6 Å². The Balaban J connectivity index is 0.00000145. The van der Waals surface area contributed by atoms with Gasteiger partial charge < -0.3 is 4.74 Å². The quantitative estimate of drug-likeness (QED) is 0.119. The van der Waals surface area contributed by atoms with Crippen LogP contribution < -0.4 is 0 Å². The van der Waals surface area contributed by atoms with Crippen molar-refractivity contribution >= 4 is 11.6 Å². The van der Waals surface area contributed by atoms with E-state index in [2.05, 4.69) is 6.92 Å². The lowest BCUT2D eigenvalue weighted by Gasteiger charge is -2.04. The Hall–Kier alpha value is 0.250. The van der Waals surface area contributed by atoms with Crippen LogP contribution in [-0.2, 0) is 4.74 Å². The van der Waals surface area contributed by atoms with Gasteiger partial charge in [-0.15, -0.1) is 11.6 Å². The van der Waals surface area contributed by atoms with Crippen molar-refractivity contribution in [3.63, 3.8) is 0 Å². The van der Waals surface area contributed by atoms with Crippen LogP contribution in [0.1, 0.15) is 161 Å². The van der Waals surface area contributed by atoms with Gasteiger partial charge in [0.15, 0.2) is 0 Å². The zero-order valence-corrected chi connectivity index (χ0v) is 21.6. The van der Waals surface area contributed by atoms with E-state index >= 15 is 0 Å². The van der Waals surface area contributed by atoms with Gasteiger partial charge in [-0.25, -0.2) is 0 Å². The van der Waals surface area contributed by atoms with E-state index in [4.69, 9.17) is 16.3 Å². The van der Waals surface area contributed by atoms with E-state index in [1.54, 1.807) is 0 Å². The summed E-state index contributed by atoms with van der Waals surface area (Å²) in [7, 11) is 0. The zero-order valence-electron chi connectivity index (χ0n) is 20.9. The lowest BCUT2D eigenvalue weighted by molar-refractivity contribution is 0.198. The fraction of sp³-hybridized carbons (Fsp3) is 1.00. The molecular formula is C28H57ClO. The molecule has 0 N–H and O–H groups in total. The molecule has 0 atom stereocenters. The summed E-state index contributed by atoms with van der Waals surface area (Å²) in [5, 5.41) is 0. The van der Waals surface area contributed by atoms with Gasteiger partial charge in [0.1, 0.15) is 0 Å². The predicted molar refractivity (Wildman–Crippen MR) is 138 cm³/mol. The third-order valence-electron chi connectivity index (χ3n) is 6.31. The minimum atomic E-state index is 0.846. The zero-order chi connectivity index (χ0) is 21.8. The maximum absolute atomic E-state index is 5.69. The summed E-state index contributed by atoms with van der Waals surface area (Å²) in [5.74, 6) is 0.846. The molecule has 0 unspecified atom stereocenters. The number of hydrogen-bond donors (Lipinski definition) is 0. The molecule has 0 saturated carbocycles. The van der Waals surface area contributed by atoms with Crippen molar-refractivity contribution in [2.75, 3.05) is 19.1 Å².